The van der Waals surface area contributed by atoms with Gasteiger partial charge in [0.2, 0.25) is 5.91 Å². The van der Waals surface area contributed by atoms with Gasteiger partial charge in [0.15, 0.2) is 0 Å². The second-order valence-corrected chi connectivity index (χ2v) is 7.58. The van der Waals surface area contributed by atoms with E-state index in [0.717, 1.165) is 54.3 Å². The number of para-hydroxylation sites is 1. The molecule has 3 nitrogen and oxygen atoms in total. The van der Waals surface area contributed by atoms with Gasteiger partial charge in [-0.2, -0.15) is 13.2 Å². The Morgan fingerprint density at radius 2 is 1.87 bits per heavy atom. The summed E-state index contributed by atoms with van der Waals surface area (Å²) in [4.78, 5) is 15.8. The monoisotopic (exact) mass is 416 g/mol. The molecule has 160 valence electrons. The molecule has 3 aromatic rings. The molecule has 3 rings (SSSR count). The van der Waals surface area contributed by atoms with Crippen molar-refractivity contribution in [3.63, 3.8) is 0 Å². The Morgan fingerprint density at radius 3 is 2.63 bits per heavy atom. The van der Waals surface area contributed by atoms with E-state index in [4.69, 9.17) is 0 Å². The van der Waals surface area contributed by atoms with E-state index in [0.29, 0.717) is 12.1 Å². The lowest BCUT2D eigenvalue weighted by Gasteiger charge is -2.19. The SMILES string of the molecule is CCCCCCNC(=O)C[C@@H](c1cccc(C(F)(F)F)c1)c1c[nH]c2ccccc12. The van der Waals surface area contributed by atoms with Crippen molar-refractivity contribution in [1.29, 1.82) is 0 Å². The van der Waals surface area contributed by atoms with Gasteiger partial charge in [0.05, 0.1) is 5.56 Å². The van der Waals surface area contributed by atoms with Crippen LogP contribution in [0.2, 0.25) is 0 Å². The molecule has 0 aliphatic rings. The summed E-state index contributed by atoms with van der Waals surface area (Å²) in [5, 5.41) is 3.84. The molecule has 0 aliphatic carbocycles. The molecule has 30 heavy (non-hydrogen) atoms. The van der Waals surface area contributed by atoms with E-state index in [9.17, 15) is 18.0 Å². The highest BCUT2D eigenvalue weighted by atomic mass is 19.4. The van der Waals surface area contributed by atoms with Crippen LogP contribution in [0.25, 0.3) is 10.9 Å². The van der Waals surface area contributed by atoms with Crippen LogP contribution < -0.4 is 5.32 Å². The minimum absolute atomic E-state index is 0.0942. The van der Waals surface area contributed by atoms with E-state index >= 15 is 0 Å². The Morgan fingerprint density at radius 1 is 1.07 bits per heavy atom. The minimum atomic E-state index is -4.43. The Hall–Kier alpha value is -2.76. The maximum absolute atomic E-state index is 13.3. The highest BCUT2D eigenvalue weighted by molar-refractivity contribution is 5.86. The van der Waals surface area contributed by atoms with E-state index in [-0.39, 0.29) is 12.3 Å². The highest BCUT2D eigenvalue weighted by Gasteiger charge is 2.31. The number of nitrogens with one attached hydrogen (secondary N) is 2. The van der Waals surface area contributed by atoms with Crippen LogP contribution in [0.15, 0.2) is 54.7 Å². The molecule has 2 N–H and O–H groups in total. The van der Waals surface area contributed by atoms with Crippen LogP contribution in [0.5, 0.6) is 0 Å². The molecule has 6 heteroatoms. The Labute approximate surface area is 174 Å². The van der Waals surface area contributed by atoms with Crippen molar-refractivity contribution >= 4 is 16.8 Å². The van der Waals surface area contributed by atoms with Crippen LogP contribution >= 0.6 is 0 Å². The van der Waals surface area contributed by atoms with Crippen LogP contribution in [0, 0.1) is 0 Å². The first-order chi connectivity index (χ1) is 14.4. The smallest absolute Gasteiger partial charge is 0.361 e. The lowest BCUT2D eigenvalue weighted by Crippen LogP contribution is -2.26. The summed E-state index contributed by atoms with van der Waals surface area (Å²) in [6.07, 6.45) is 1.66. The first-order valence-electron chi connectivity index (χ1n) is 10.4. The van der Waals surface area contributed by atoms with Crippen molar-refractivity contribution in [2.24, 2.45) is 0 Å². The fourth-order valence-corrected chi connectivity index (χ4v) is 3.76. The molecule has 0 aliphatic heterocycles. The number of carbonyl (C=O) groups excluding carboxylic acids is 1. The molecule has 0 radical (unpaired) electrons. The topological polar surface area (TPSA) is 44.9 Å². The number of amides is 1. The number of aromatic amines is 1. The number of carbonyl (C=O) groups is 1. The number of halogens is 3. The maximum Gasteiger partial charge on any atom is 0.416 e. The largest absolute Gasteiger partial charge is 0.416 e. The summed E-state index contributed by atoms with van der Waals surface area (Å²) in [5.74, 6) is -0.627. The number of rotatable bonds is 9. The number of benzene rings is 2. The van der Waals surface area contributed by atoms with E-state index < -0.39 is 17.7 Å². The fraction of sp³-hybridized carbons (Fsp3) is 0.375. The number of alkyl halides is 3. The van der Waals surface area contributed by atoms with E-state index in [1.54, 1.807) is 12.3 Å². The number of aromatic nitrogens is 1. The summed E-state index contributed by atoms with van der Waals surface area (Å²) in [6.45, 7) is 2.71. The summed E-state index contributed by atoms with van der Waals surface area (Å²) < 4.78 is 39.8. The normalized spacial score (nSPS) is 12.8. The first kappa shape index (κ1) is 21.9. The standard InChI is InChI=1S/C24H27F3N2O/c1-2-3-4-7-13-28-23(30)15-20(17-9-8-10-18(14-17)24(25,26)27)21-16-29-22-12-6-5-11-19(21)22/h5-6,8-12,14,16,20,29H,2-4,7,13,15H2,1H3,(H,28,30)/t20-/m0/s1. The zero-order valence-corrected chi connectivity index (χ0v) is 17.1. The molecule has 0 bridgehead atoms. The number of fused-ring (bicyclic) bond motifs is 1. The van der Waals surface area contributed by atoms with Gasteiger partial charge in [-0.3, -0.25) is 4.79 Å². The van der Waals surface area contributed by atoms with Crippen molar-refractivity contribution in [1.82, 2.24) is 10.3 Å². The van der Waals surface area contributed by atoms with Crippen molar-refractivity contribution in [2.45, 2.75) is 51.1 Å². The predicted octanol–water partition coefficient (Wildman–Crippen LogP) is 6.41. The summed E-state index contributed by atoms with van der Waals surface area (Å²) >= 11 is 0. The summed E-state index contributed by atoms with van der Waals surface area (Å²) in [6, 6.07) is 12.9. The molecular weight excluding hydrogens is 389 g/mol. The van der Waals surface area contributed by atoms with Crippen LogP contribution in [0.4, 0.5) is 13.2 Å². The molecule has 1 heterocycles. The van der Waals surface area contributed by atoms with Gasteiger partial charge >= 0.3 is 6.18 Å². The molecule has 0 spiro atoms. The van der Waals surface area contributed by atoms with Crippen molar-refractivity contribution in [3.05, 3.63) is 71.4 Å². The van der Waals surface area contributed by atoms with Crippen LogP contribution in [-0.4, -0.2) is 17.4 Å². The predicted molar refractivity (Wildman–Crippen MR) is 113 cm³/mol. The second kappa shape index (κ2) is 9.83. The van der Waals surface area contributed by atoms with Crippen LogP contribution in [0.3, 0.4) is 0 Å². The number of unbranched alkanes of at least 4 members (excludes halogenated alkanes) is 3. The second-order valence-electron chi connectivity index (χ2n) is 7.58. The third-order valence-corrected chi connectivity index (χ3v) is 5.35. The van der Waals surface area contributed by atoms with Gasteiger partial charge in [0, 0.05) is 36.0 Å². The van der Waals surface area contributed by atoms with Gasteiger partial charge in [0.1, 0.15) is 0 Å². The lowest BCUT2D eigenvalue weighted by atomic mass is 9.87. The number of hydrogen-bond acceptors (Lipinski definition) is 1. The van der Waals surface area contributed by atoms with Gasteiger partial charge in [-0.25, -0.2) is 0 Å². The zero-order chi connectivity index (χ0) is 21.6. The quantitative estimate of drug-likeness (QED) is 0.389. The molecule has 0 fully saturated rings. The van der Waals surface area contributed by atoms with Gasteiger partial charge in [-0.05, 0) is 29.7 Å². The Balaban J connectivity index is 1.87. The van der Waals surface area contributed by atoms with E-state index in [1.807, 2.05) is 24.3 Å². The number of hydrogen-bond donors (Lipinski definition) is 2. The molecule has 1 amide bonds. The number of H-pyrrole nitrogens is 1. The lowest BCUT2D eigenvalue weighted by molar-refractivity contribution is -0.137. The van der Waals surface area contributed by atoms with Gasteiger partial charge < -0.3 is 10.3 Å². The van der Waals surface area contributed by atoms with Gasteiger partial charge in [-0.1, -0.05) is 62.6 Å². The molecule has 2 aromatic carbocycles. The molecule has 0 saturated heterocycles. The van der Waals surface area contributed by atoms with Crippen molar-refractivity contribution in [2.75, 3.05) is 6.54 Å². The molecule has 1 atom stereocenters. The van der Waals surface area contributed by atoms with Gasteiger partial charge in [0.25, 0.3) is 0 Å². The fourth-order valence-electron chi connectivity index (χ4n) is 3.76. The molecule has 0 saturated carbocycles. The van der Waals surface area contributed by atoms with Gasteiger partial charge in [-0.15, -0.1) is 0 Å². The third-order valence-electron chi connectivity index (χ3n) is 5.35. The highest BCUT2D eigenvalue weighted by Crippen LogP contribution is 2.36. The van der Waals surface area contributed by atoms with E-state index in [1.165, 1.54) is 6.07 Å². The summed E-state index contributed by atoms with van der Waals surface area (Å²) in [5.41, 5.74) is 1.50. The van der Waals surface area contributed by atoms with E-state index in [2.05, 4.69) is 17.2 Å². The molecular formula is C24H27F3N2O. The average Bonchev–Trinajstić information content (AvgIpc) is 3.15. The summed E-state index contributed by atoms with van der Waals surface area (Å²) in [7, 11) is 0. The maximum atomic E-state index is 13.3. The average molecular weight is 416 g/mol. The minimum Gasteiger partial charge on any atom is -0.361 e. The van der Waals surface area contributed by atoms with Crippen LogP contribution in [0.1, 0.15) is 61.6 Å². The van der Waals surface area contributed by atoms with Crippen molar-refractivity contribution < 1.29 is 18.0 Å². The van der Waals surface area contributed by atoms with Crippen molar-refractivity contribution in [3.8, 4) is 0 Å². The third kappa shape index (κ3) is 5.43. The molecule has 1 aromatic heterocycles. The van der Waals surface area contributed by atoms with Crippen LogP contribution in [-0.2, 0) is 11.0 Å². The Bertz CT molecular complexity index is 978. The first-order valence-corrected chi connectivity index (χ1v) is 10.4. The Kier molecular flexibility index (Phi) is 7.19. The molecule has 0 unspecified atom stereocenters. The zero-order valence-electron chi connectivity index (χ0n) is 17.1.